The minimum Gasteiger partial charge on any atom is -0.450 e. The van der Waals surface area contributed by atoms with Crippen molar-refractivity contribution in [2.45, 2.75) is 0 Å². The van der Waals surface area contributed by atoms with Crippen LogP contribution in [0.1, 0.15) is 0 Å². The van der Waals surface area contributed by atoms with Crippen LogP contribution < -0.4 is 5.43 Å². The third-order valence-corrected chi connectivity index (χ3v) is 3.23. The zero-order valence-corrected chi connectivity index (χ0v) is 9.44. The number of hydrogen-bond donors (Lipinski definition) is 1. The van der Waals surface area contributed by atoms with E-state index in [1.165, 1.54) is 0 Å². The maximum Gasteiger partial charge on any atom is 0.232 e. The molecule has 0 bridgehead atoms. The molecule has 4 rings (SSSR count). The van der Waals surface area contributed by atoms with Gasteiger partial charge in [-0.1, -0.05) is 24.3 Å². The minimum absolute atomic E-state index is 0.0597. The number of para-hydroxylation sites is 2. The molecule has 0 aliphatic heterocycles. The number of furan rings is 1. The van der Waals surface area contributed by atoms with Crippen molar-refractivity contribution in [2.24, 2.45) is 0 Å². The molecule has 0 fully saturated rings. The average molecular weight is 235 g/mol. The Morgan fingerprint density at radius 3 is 2.50 bits per heavy atom. The molecule has 0 atom stereocenters. The molecule has 18 heavy (non-hydrogen) atoms. The van der Waals surface area contributed by atoms with E-state index in [0.717, 1.165) is 22.0 Å². The molecule has 2 aromatic carbocycles. The van der Waals surface area contributed by atoms with E-state index in [0.29, 0.717) is 11.0 Å². The zero-order chi connectivity index (χ0) is 12.1. The summed E-state index contributed by atoms with van der Waals surface area (Å²) in [4.78, 5) is 15.6. The molecule has 0 saturated heterocycles. The van der Waals surface area contributed by atoms with Gasteiger partial charge in [-0.3, -0.25) is 4.79 Å². The van der Waals surface area contributed by atoms with Crippen molar-refractivity contribution in [1.29, 1.82) is 0 Å². The second-order valence-corrected chi connectivity index (χ2v) is 4.30. The third kappa shape index (κ3) is 1.10. The van der Waals surface area contributed by atoms with E-state index in [-0.39, 0.29) is 5.43 Å². The standard InChI is InChI=1S/C15H9NO2/c17-14-9-5-1-3-7-11(9)16-13-10-6-2-4-8-12(10)18-15(13)14/h1-8H,(H,16,17). The highest BCUT2D eigenvalue weighted by Crippen LogP contribution is 2.26. The van der Waals surface area contributed by atoms with Crippen molar-refractivity contribution >= 4 is 33.0 Å². The summed E-state index contributed by atoms with van der Waals surface area (Å²) in [6.07, 6.45) is 0. The average Bonchev–Trinajstić information content (AvgIpc) is 2.79. The van der Waals surface area contributed by atoms with Gasteiger partial charge in [0.1, 0.15) is 5.58 Å². The Morgan fingerprint density at radius 2 is 1.61 bits per heavy atom. The third-order valence-electron chi connectivity index (χ3n) is 3.23. The van der Waals surface area contributed by atoms with E-state index in [9.17, 15) is 4.79 Å². The Bertz CT molecular complexity index is 947. The largest absolute Gasteiger partial charge is 0.450 e. The number of rotatable bonds is 0. The van der Waals surface area contributed by atoms with Crippen LogP contribution in [-0.4, -0.2) is 4.98 Å². The van der Waals surface area contributed by atoms with Crippen LogP contribution in [0, 0.1) is 0 Å². The molecule has 2 aromatic heterocycles. The maximum atomic E-state index is 12.3. The Kier molecular flexibility index (Phi) is 1.70. The fourth-order valence-corrected chi connectivity index (χ4v) is 2.38. The first-order valence-electron chi connectivity index (χ1n) is 5.77. The van der Waals surface area contributed by atoms with E-state index in [1.807, 2.05) is 42.5 Å². The summed E-state index contributed by atoms with van der Waals surface area (Å²) in [6, 6.07) is 15.1. The topological polar surface area (TPSA) is 46.0 Å². The summed E-state index contributed by atoms with van der Waals surface area (Å²) in [5, 5.41) is 1.60. The van der Waals surface area contributed by atoms with Gasteiger partial charge in [-0.25, -0.2) is 0 Å². The van der Waals surface area contributed by atoms with E-state index < -0.39 is 0 Å². The second kappa shape index (κ2) is 3.23. The number of aromatic amines is 1. The van der Waals surface area contributed by atoms with Gasteiger partial charge in [-0.15, -0.1) is 0 Å². The van der Waals surface area contributed by atoms with Crippen LogP contribution >= 0.6 is 0 Å². The van der Waals surface area contributed by atoms with Crippen LogP contribution in [0.4, 0.5) is 0 Å². The highest BCUT2D eigenvalue weighted by atomic mass is 16.3. The summed E-state index contributed by atoms with van der Waals surface area (Å²) in [5.74, 6) is 0. The van der Waals surface area contributed by atoms with Crippen molar-refractivity contribution in [2.75, 3.05) is 0 Å². The highest BCUT2D eigenvalue weighted by molar-refractivity contribution is 6.05. The number of H-pyrrole nitrogens is 1. The molecule has 86 valence electrons. The minimum atomic E-state index is -0.0597. The molecule has 0 spiro atoms. The van der Waals surface area contributed by atoms with Crippen LogP contribution in [0.2, 0.25) is 0 Å². The SMILES string of the molecule is O=c1c2ccccc2[nH]c2c1oc1ccccc12. The molecule has 0 aliphatic rings. The lowest BCUT2D eigenvalue weighted by atomic mass is 10.1. The lowest BCUT2D eigenvalue weighted by Crippen LogP contribution is -2.01. The summed E-state index contributed by atoms with van der Waals surface area (Å²) in [5.41, 5.74) is 2.68. The normalized spacial score (nSPS) is 11.6. The van der Waals surface area contributed by atoms with Gasteiger partial charge >= 0.3 is 0 Å². The quantitative estimate of drug-likeness (QED) is 0.507. The molecular formula is C15H9NO2. The Balaban J connectivity index is 2.38. The van der Waals surface area contributed by atoms with E-state index in [1.54, 1.807) is 6.07 Å². The molecule has 3 heteroatoms. The predicted molar refractivity (Wildman–Crippen MR) is 71.8 cm³/mol. The molecule has 0 aliphatic carbocycles. The van der Waals surface area contributed by atoms with Gasteiger partial charge < -0.3 is 9.40 Å². The van der Waals surface area contributed by atoms with Crippen LogP contribution in [-0.2, 0) is 0 Å². The van der Waals surface area contributed by atoms with Gasteiger partial charge in [0.2, 0.25) is 5.43 Å². The van der Waals surface area contributed by atoms with Crippen molar-refractivity contribution in [3.05, 3.63) is 58.8 Å². The first kappa shape index (κ1) is 9.48. The van der Waals surface area contributed by atoms with Crippen LogP contribution in [0.5, 0.6) is 0 Å². The molecule has 3 nitrogen and oxygen atoms in total. The molecule has 1 N–H and O–H groups in total. The van der Waals surface area contributed by atoms with Crippen molar-refractivity contribution in [3.8, 4) is 0 Å². The van der Waals surface area contributed by atoms with Crippen LogP contribution in [0.25, 0.3) is 33.0 Å². The smallest absolute Gasteiger partial charge is 0.232 e. The molecule has 0 amide bonds. The Labute approximate surface area is 102 Å². The number of aromatic nitrogens is 1. The number of fused-ring (bicyclic) bond motifs is 4. The fourth-order valence-electron chi connectivity index (χ4n) is 2.38. The van der Waals surface area contributed by atoms with Crippen molar-refractivity contribution in [1.82, 2.24) is 4.98 Å². The van der Waals surface area contributed by atoms with Crippen molar-refractivity contribution < 1.29 is 4.42 Å². The van der Waals surface area contributed by atoms with Gasteiger partial charge in [-0.05, 0) is 24.3 Å². The molecule has 4 aromatic rings. The van der Waals surface area contributed by atoms with E-state index in [4.69, 9.17) is 4.42 Å². The summed E-state index contributed by atoms with van der Waals surface area (Å²) >= 11 is 0. The first-order chi connectivity index (χ1) is 8.84. The maximum absolute atomic E-state index is 12.3. The number of hydrogen-bond acceptors (Lipinski definition) is 2. The number of pyridine rings is 1. The van der Waals surface area contributed by atoms with Crippen LogP contribution in [0.3, 0.4) is 0 Å². The first-order valence-corrected chi connectivity index (χ1v) is 5.77. The van der Waals surface area contributed by atoms with Gasteiger partial charge in [-0.2, -0.15) is 0 Å². The molecule has 2 heterocycles. The predicted octanol–water partition coefficient (Wildman–Crippen LogP) is 3.43. The van der Waals surface area contributed by atoms with Crippen LogP contribution in [0.15, 0.2) is 57.7 Å². The summed E-state index contributed by atoms with van der Waals surface area (Å²) in [6.45, 7) is 0. The Hall–Kier alpha value is -2.55. The fraction of sp³-hybridized carbons (Fsp3) is 0. The van der Waals surface area contributed by atoms with Gasteiger partial charge in [0.05, 0.1) is 5.52 Å². The second-order valence-electron chi connectivity index (χ2n) is 4.30. The van der Waals surface area contributed by atoms with Gasteiger partial charge in [0.15, 0.2) is 5.58 Å². The summed E-state index contributed by atoms with van der Waals surface area (Å²) < 4.78 is 5.65. The lowest BCUT2D eigenvalue weighted by molar-refractivity contribution is 0.665. The van der Waals surface area contributed by atoms with Crippen molar-refractivity contribution in [3.63, 3.8) is 0 Å². The van der Waals surface area contributed by atoms with Gasteiger partial charge in [0, 0.05) is 16.3 Å². The van der Waals surface area contributed by atoms with E-state index >= 15 is 0 Å². The molecule has 0 unspecified atom stereocenters. The Morgan fingerprint density at radius 1 is 0.889 bits per heavy atom. The monoisotopic (exact) mass is 235 g/mol. The summed E-state index contributed by atoms with van der Waals surface area (Å²) in [7, 11) is 0. The highest BCUT2D eigenvalue weighted by Gasteiger charge is 2.12. The lowest BCUT2D eigenvalue weighted by Gasteiger charge is -1.97. The molecule has 0 saturated carbocycles. The number of benzene rings is 2. The van der Waals surface area contributed by atoms with Gasteiger partial charge in [0.25, 0.3) is 0 Å². The van der Waals surface area contributed by atoms with E-state index in [2.05, 4.69) is 4.98 Å². The zero-order valence-electron chi connectivity index (χ0n) is 9.44. The number of nitrogens with one attached hydrogen (secondary N) is 1. The molecule has 0 radical (unpaired) electrons. The molecular weight excluding hydrogens is 226 g/mol.